The third-order valence-electron chi connectivity index (χ3n) is 4.18. The second-order valence-corrected chi connectivity index (χ2v) is 5.60. The van der Waals surface area contributed by atoms with Gasteiger partial charge in [0.05, 0.1) is 0 Å². The maximum absolute atomic E-state index is 11.8. The number of aromatic nitrogens is 1. The molecule has 1 aliphatic heterocycles. The molecule has 2 N–H and O–H groups in total. The van der Waals surface area contributed by atoms with Crippen molar-refractivity contribution in [3.8, 4) is 0 Å². The van der Waals surface area contributed by atoms with Crippen molar-refractivity contribution in [3.05, 3.63) is 64.6 Å². The van der Waals surface area contributed by atoms with Crippen molar-refractivity contribution in [1.29, 1.82) is 0 Å². The molecule has 0 saturated carbocycles. The maximum Gasteiger partial charge on any atom is 0.250 e. The number of likely N-dealkylation sites (tertiary alicyclic amines) is 1. The standard InChI is InChI=1S/C17H21N3O/c18-15-8-9-17(21)20(13-15)12-11-19-10-4-7-16(19)14-5-2-1-3-6-14/h1-3,5-6,8-9,13,16H,4,7,10-12,18H2. The van der Waals surface area contributed by atoms with E-state index in [4.69, 9.17) is 5.73 Å². The van der Waals surface area contributed by atoms with Gasteiger partial charge in [-0.1, -0.05) is 30.3 Å². The van der Waals surface area contributed by atoms with E-state index in [0.29, 0.717) is 18.3 Å². The Hall–Kier alpha value is -2.07. The van der Waals surface area contributed by atoms with Gasteiger partial charge in [0.15, 0.2) is 0 Å². The third-order valence-corrected chi connectivity index (χ3v) is 4.18. The Morgan fingerprint density at radius 1 is 1.10 bits per heavy atom. The summed E-state index contributed by atoms with van der Waals surface area (Å²) in [5, 5.41) is 0. The van der Waals surface area contributed by atoms with Crippen LogP contribution in [0.2, 0.25) is 0 Å². The zero-order valence-electron chi connectivity index (χ0n) is 12.1. The molecule has 1 saturated heterocycles. The summed E-state index contributed by atoms with van der Waals surface area (Å²) in [6.45, 7) is 2.66. The lowest BCUT2D eigenvalue weighted by Gasteiger charge is -2.25. The molecule has 4 nitrogen and oxygen atoms in total. The van der Waals surface area contributed by atoms with Crippen LogP contribution < -0.4 is 11.3 Å². The molecule has 0 spiro atoms. The Labute approximate surface area is 124 Å². The first-order chi connectivity index (χ1) is 10.2. The number of nitrogens with zero attached hydrogens (tertiary/aromatic N) is 2. The Kier molecular flexibility index (Phi) is 4.06. The Balaban J connectivity index is 1.70. The van der Waals surface area contributed by atoms with E-state index >= 15 is 0 Å². The summed E-state index contributed by atoms with van der Waals surface area (Å²) in [5.41, 5.74) is 7.77. The van der Waals surface area contributed by atoms with Crippen LogP contribution in [-0.4, -0.2) is 22.6 Å². The van der Waals surface area contributed by atoms with E-state index in [1.165, 1.54) is 24.5 Å². The minimum atomic E-state index is 0.0136. The average molecular weight is 283 g/mol. The van der Waals surface area contributed by atoms with Crippen LogP contribution >= 0.6 is 0 Å². The van der Waals surface area contributed by atoms with Crippen molar-refractivity contribution in [3.63, 3.8) is 0 Å². The van der Waals surface area contributed by atoms with E-state index in [0.717, 1.165) is 13.1 Å². The average Bonchev–Trinajstić information content (AvgIpc) is 2.97. The molecule has 1 aliphatic rings. The first kappa shape index (κ1) is 13.9. The second kappa shape index (κ2) is 6.14. The van der Waals surface area contributed by atoms with E-state index in [2.05, 4.69) is 35.2 Å². The molecule has 0 radical (unpaired) electrons. The fourth-order valence-corrected chi connectivity index (χ4v) is 3.11. The SMILES string of the molecule is Nc1ccc(=O)n(CCN2CCCC2c2ccccc2)c1. The minimum absolute atomic E-state index is 0.0136. The van der Waals surface area contributed by atoms with Crippen molar-refractivity contribution >= 4 is 5.69 Å². The molecular formula is C17H21N3O. The zero-order valence-corrected chi connectivity index (χ0v) is 12.1. The van der Waals surface area contributed by atoms with Gasteiger partial charge in [-0.15, -0.1) is 0 Å². The Morgan fingerprint density at radius 3 is 2.71 bits per heavy atom. The van der Waals surface area contributed by atoms with Crippen LogP contribution in [0.25, 0.3) is 0 Å². The van der Waals surface area contributed by atoms with Crippen LogP contribution in [-0.2, 0) is 6.54 Å². The lowest BCUT2D eigenvalue weighted by atomic mass is 10.0. The molecule has 1 fully saturated rings. The van der Waals surface area contributed by atoms with E-state index in [-0.39, 0.29) is 5.56 Å². The monoisotopic (exact) mass is 283 g/mol. The van der Waals surface area contributed by atoms with Gasteiger partial charge in [0.1, 0.15) is 0 Å². The molecule has 110 valence electrons. The van der Waals surface area contributed by atoms with Gasteiger partial charge in [0, 0.05) is 37.1 Å². The predicted octanol–water partition coefficient (Wildman–Crippen LogP) is 2.27. The van der Waals surface area contributed by atoms with Crippen LogP contribution in [0.5, 0.6) is 0 Å². The van der Waals surface area contributed by atoms with Crippen molar-refractivity contribution in [2.75, 3.05) is 18.8 Å². The number of nitrogens with two attached hydrogens (primary N) is 1. The van der Waals surface area contributed by atoms with E-state index < -0.39 is 0 Å². The van der Waals surface area contributed by atoms with Crippen LogP contribution in [0.1, 0.15) is 24.4 Å². The van der Waals surface area contributed by atoms with Crippen molar-refractivity contribution < 1.29 is 0 Å². The topological polar surface area (TPSA) is 51.3 Å². The summed E-state index contributed by atoms with van der Waals surface area (Å²) >= 11 is 0. The summed E-state index contributed by atoms with van der Waals surface area (Å²) < 4.78 is 1.70. The number of hydrogen-bond donors (Lipinski definition) is 1. The maximum atomic E-state index is 11.8. The van der Waals surface area contributed by atoms with Gasteiger partial charge in [0.2, 0.25) is 0 Å². The van der Waals surface area contributed by atoms with Crippen LogP contribution in [0.3, 0.4) is 0 Å². The highest BCUT2D eigenvalue weighted by Crippen LogP contribution is 2.31. The highest BCUT2D eigenvalue weighted by atomic mass is 16.1. The molecule has 21 heavy (non-hydrogen) atoms. The lowest BCUT2D eigenvalue weighted by molar-refractivity contribution is 0.246. The quantitative estimate of drug-likeness (QED) is 0.936. The predicted molar refractivity (Wildman–Crippen MR) is 85.1 cm³/mol. The molecule has 2 aromatic rings. The van der Waals surface area contributed by atoms with Gasteiger partial charge < -0.3 is 10.3 Å². The molecule has 0 bridgehead atoms. The van der Waals surface area contributed by atoms with Crippen LogP contribution in [0.15, 0.2) is 53.5 Å². The van der Waals surface area contributed by atoms with Gasteiger partial charge in [-0.05, 0) is 31.0 Å². The Morgan fingerprint density at radius 2 is 1.90 bits per heavy atom. The molecular weight excluding hydrogens is 262 g/mol. The smallest absolute Gasteiger partial charge is 0.250 e. The first-order valence-electron chi connectivity index (χ1n) is 7.49. The fourth-order valence-electron chi connectivity index (χ4n) is 3.11. The lowest BCUT2D eigenvalue weighted by Crippen LogP contribution is -2.30. The molecule has 1 unspecified atom stereocenters. The molecule has 3 rings (SSSR count). The van der Waals surface area contributed by atoms with Gasteiger partial charge >= 0.3 is 0 Å². The minimum Gasteiger partial charge on any atom is -0.398 e. The summed E-state index contributed by atoms with van der Waals surface area (Å²) in [6, 6.07) is 14.3. The second-order valence-electron chi connectivity index (χ2n) is 5.60. The van der Waals surface area contributed by atoms with E-state index in [1.54, 1.807) is 16.8 Å². The normalized spacial score (nSPS) is 19.0. The van der Waals surface area contributed by atoms with Crippen molar-refractivity contribution in [1.82, 2.24) is 9.47 Å². The largest absolute Gasteiger partial charge is 0.398 e. The molecule has 4 heteroatoms. The third kappa shape index (κ3) is 3.16. The van der Waals surface area contributed by atoms with Gasteiger partial charge in [-0.2, -0.15) is 0 Å². The summed E-state index contributed by atoms with van der Waals surface area (Å²) in [6.07, 6.45) is 4.14. The summed E-state index contributed by atoms with van der Waals surface area (Å²) in [7, 11) is 0. The number of pyridine rings is 1. The number of hydrogen-bond acceptors (Lipinski definition) is 3. The van der Waals surface area contributed by atoms with Gasteiger partial charge in [0.25, 0.3) is 5.56 Å². The fraction of sp³-hybridized carbons (Fsp3) is 0.353. The number of nitrogen functional groups attached to an aromatic ring is 1. The number of benzene rings is 1. The van der Waals surface area contributed by atoms with E-state index in [9.17, 15) is 4.79 Å². The van der Waals surface area contributed by atoms with Gasteiger partial charge in [-0.3, -0.25) is 9.69 Å². The highest BCUT2D eigenvalue weighted by Gasteiger charge is 2.25. The number of anilines is 1. The zero-order chi connectivity index (χ0) is 14.7. The Bertz CT molecular complexity index is 651. The van der Waals surface area contributed by atoms with Crippen LogP contribution in [0.4, 0.5) is 5.69 Å². The number of rotatable bonds is 4. The van der Waals surface area contributed by atoms with E-state index in [1.807, 2.05) is 0 Å². The van der Waals surface area contributed by atoms with Crippen LogP contribution in [0, 0.1) is 0 Å². The summed E-state index contributed by atoms with van der Waals surface area (Å²) in [5.74, 6) is 0. The van der Waals surface area contributed by atoms with Gasteiger partial charge in [-0.25, -0.2) is 0 Å². The molecule has 2 heterocycles. The first-order valence-corrected chi connectivity index (χ1v) is 7.49. The highest BCUT2D eigenvalue weighted by molar-refractivity contribution is 5.33. The molecule has 1 aromatic carbocycles. The molecule has 1 atom stereocenters. The van der Waals surface area contributed by atoms with Crippen molar-refractivity contribution in [2.45, 2.75) is 25.4 Å². The molecule has 1 aromatic heterocycles. The molecule has 0 amide bonds. The van der Waals surface area contributed by atoms with Crippen molar-refractivity contribution in [2.24, 2.45) is 0 Å². The molecule has 0 aliphatic carbocycles. The summed E-state index contributed by atoms with van der Waals surface area (Å²) in [4.78, 5) is 14.3.